The maximum absolute atomic E-state index is 7.92. The van der Waals surface area contributed by atoms with Gasteiger partial charge in [0.15, 0.2) is 0 Å². The second-order valence-corrected chi connectivity index (χ2v) is 6.74. The summed E-state index contributed by atoms with van der Waals surface area (Å²) in [5.74, 6) is 0. The molecule has 2 heteroatoms. The molecule has 0 aliphatic rings. The van der Waals surface area contributed by atoms with Gasteiger partial charge in [0.05, 0.1) is 5.69 Å². The molecule has 2 aromatic heterocycles. The fourth-order valence-electron chi connectivity index (χ4n) is 3.68. The van der Waals surface area contributed by atoms with Gasteiger partial charge in [-0.05, 0) is 78.5 Å². The number of benzene rings is 3. The van der Waals surface area contributed by atoms with Crippen molar-refractivity contribution in [1.82, 2.24) is 4.98 Å². The van der Waals surface area contributed by atoms with E-state index in [9.17, 15) is 0 Å². The lowest BCUT2D eigenvalue weighted by atomic mass is 9.95. The molecule has 0 radical (unpaired) electrons. The van der Waals surface area contributed by atoms with Crippen LogP contribution in [0.4, 0.5) is 0 Å². The van der Waals surface area contributed by atoms with Crippen molar-refractivity contribution in [2.24, 2.45) is 0 Å². The summed E-state index contributed by atoms with van der Waals surface area (Å²) < 4.78 is 29.9. The molecule has 3 aromatic carbocycles. The molecule has 5 aromatic rings. The molecule has 0 atom stereocenters. The van der Waals surface area contributed by atoms with Crippen molar-refractivity contribution in [3.63, 3.8) is 0 Å². The van der Waals surface area contributed by atoms with Crippen molar-refractivity contribution >= 4 is 21.9 Å². The van der Waals surface area contributed by atoms with E-state index in [-0.39, 0.29) is 0 Å². The first-order valence-electron chi connectivity index (χ1n) is 10.4. The minimum atomic E-state index is -2.18. The molecule has 0 unspecified atom stereocenters. The Morgan fingerprint density at radius 2 is 1.67 bits per heavy atom. The van der Waals surface area contributed by atoms with Gasteiger partial charge < -0.3 is 4.42 Å². The predicted octanol–water partition coefficient (Wildman–Crippen LogP) is 6.93. The summed E-state index contributed by atoms with van der Waals surface area (Å²) in [7, 11) is 0. The molecule has 0 aliphatic carbocycles. The smallest absolute Gasteiger partial charge is 0.136 e. The number of pyridine rings is 1. The zero-order valence-electron chi connectivity index (χ0n) is 17.9. The van der Waals surface area contributed by atoms with Crippen molar-refractivity contribution in [1.29, 1.82) is 0 Å². The Labute approximate surface area is 162 Å². The fourth-order valence-corrected chi connectivity index (χ4v) is 3.68. The average Bonchev–Trinajstić information content (AvgIpc) is 3.10. The molecule has 5 rings (SSSR count). The summed E-state index contributed by atoms with van der Waals surface area (Å²) in [5, 5.41) is 2.01. The zero-order valence-corrected chi connectivity index (χ0v) is 14.9. The van der Waals surface area contributed by atoms with Crippen molar-refractivity contribution < 1.29 is 8.53 Å². The van der Waals surface area contributed by atoms with E-state index in [1.165, 1.54) is 0 Å². The van der Waals surface area contributed by atoms with Crippen LogP contribution >= 0.6 is 0 Å². The molecule has 0 bridgehead atoms. The second kappa shape index (κ2) is 6.10. The van der Waals surface area contributed by atoms with E-state index in [0.717, 1.165) is 49.9 Å². The van der Waals surface area contributed by atoms with E-state index in [1.54, 1.807) is 18.3 Å². The van der Waals surface area contributed by atoms with Crippen LogP contribution in [-0.2, 0) is 0 Å². The Morgan fingerprint density at radius 1 is 0.778 bits per heavy atom. The van der Waals surface area contributed by atoms with Crippen LogP contribution in [0.1, 0.15) is 15.2 Å². The molecule has 0 spiro atoms. The number of furan rings is 1. The maximum Gasteiger partial charge on any atom is 0.136 e. The van der Waals surface area contributed by atoms with Gasteiger partial charge in [0.2, 0.25) is 0 Å². The Hall–Kier alpha value is -3.39. The number of nitrogens with zero attached hydrogens (tertiary/aromatic N) is 1. The van der Waals surface area contributed by atoms with E-state index in [2.05, 4.69) is 11.1 Å². The zero-order chi connectivity index (χ0) is 20.9. The van der Waals surface area contributed by atoms with Gasteiger partial charge in [-0.3, -0.25) is 4.98 Å². The topological polar surface area (TPSA) is 26.0 Å². The molecule has 27 heavy (non-hydrogen) atoms. The van der Waals surface area contributed by atoms with Crippen molar-refractivity contribution in [3.8, 4) is 22.4 Å². The highest BCUT2D eigenvalue weighted by molar-refractivity contribution is 6.07. The highest BCUT2D eigenvalue weighted by atomic mass is 16.3. The Morgan fingerprint density at radius 3 is 2.52 bits per heavy atom. The summed E-state index contributed by atoms with van der Waals surface area (Å²) in [5.41, 5.74) is 6.34. The molecule has 0 N–H and O–H groups in total. The van der Waals surface area contributed by atoms with E-state index in [1.807, 2.05) is 61.5 Å². The summed E-state index contributed by atoms with van der Waals surface area (Å²) in [6, 6.07) is 23.2. The molecular formula is C25H19NO. The first-order chi connectivity index (χ1) is 14.4. The van der Waals surface area contributed by atoms with Gasteiger partial charge >= 0.3 is 0 Å². The largest absolute Gasteiger partial charge is 0.456 e. The van der Waals surface area contributed by atoms with Crippen LogP contribution in [0.15, 0.2) is 83.4 Å². The maximum atomic E-state index is 7.92. The Kier molecular flexibility index (Phi) is 2.91. The quantitative estimate of drug-likeness (QED) is 0.344. The van der Waals surface area contributed by atoms with Gasteiger partial charge in [0.25, 0.3) is 0 Å². The number of aromatic nitrogens is 1. The first kappa shape index (κ1) is 12.9. The van der Waals surface area contributed by atoms with Crippen LogP contribution in [-0.4, -0.2) is 4.98 Å². The van der Waals surface area contributed by atoms with Crippen molar-refractivity contribution in [2.75, 3.05) is 0 Å². The lowest BCUT2D eigenvalue weighted by molar-refractivity contribution is 0.669. The van der Waals surface area contributed by atoms with E-state index in [0.29, 0.717) is 5.56 Å². The molecule has 2 heterocycles. The first-order valence-corrected chi connectivity index (χ1v) is 8.90. The van der Waals surface area contributed by atoms with Gasteiger partial charge in [0.1, 0.15) is 11.2 Å². The van der Waals surface area contributed by atoms with Crippen LogP contribution in [0.5, 0.6) is 0 Å². The molecule has 130 valence electrons. The van der Waals surface area contributed by atoms with Crippen molar-refractivity contribution in [2.45, 2.75) is 13.8 Å². The number of hydrogen-bond donors (Lipinski definition) is 0. The number of aryl methyl sites for hydroxylation is 2. The molecule has 0 fully saturated rings. The van der Waals surface area contributed by atoms with Crippen LogP contribution in [0.25, 0.3) is 44.3 Å². The van der Waals surface area contributed by atoms with Gasteiger partial charge in [-0.1, -0.05) is 30.3 Å². The summed E-state index contributed by atoms with van der Waals surface area (Å²) >= 11 is 0. The number of hydrogen-bond acceptors (Lipinski definition) is 2. The van der Waals surface area contributed by atoms with Crippen LogP contribution in [0.3, 0.4) is 0 Å². The van der Waals surface area contributed by atoms with Crippen LogP contribution in [0.2, 0.25) is 0 Å². The monoisotopic (exact) mass is 352 g/mol. The van der Waals surface area contributed by atoms with Gasteiger partial charge in [-0.15, -0.1) is 0 Å². The van der Waals surface area contributed by atoms with Crippen LogP contribution < -0.4 is 0 Å². The molecular weight excluding hydrogens is 330 g/mol. The lowest BCUT2D eigenvalue weighted by Crippen LogP contribution is -1.87. The number of rotatable bonds is 2. The van der Waals surface area contributed by atoms with Gasteiger partial charge in [-0.25, -0.2) is 0 Å². The third-order valence-electron chi connectivity index (χ3n) is 4.99. The average molecular weight is 352 g/mol. The van der Waals surface area contributed by atoms with E-state index >= 15 is 0 Å². The van der Waals surface area contributed by atoms with Crippen LogP contribution in [0, 0.1) is 13.8 Å². The van der Waals surface area contributed by atoms with E-state index < -0.39 is 6.85 Å². The Bertz CT molecular complexity index is 1380. The SMILES string of the molecule is [2H]C([2H])([2H])c1cccc(C)c1-c1ccc2c(c1)oc1ccc(-c3ccccn3)cc12. The third-order valence-corrected chi connectivity index (χ3v) is 4.99. The van der Waals surface area contributed by atoms with Gasteiger partial charge in [0, 0.05) is 26.6 Å². The molecule has 0 saturated carbocycles. The number of fused-ring (bicyclic) bond motifs is 3. The molecule has 0 amide bonds. The normalized spacial score (nSPS) is 13.4. The standard InChI is InChI=1S/C25H19NO/c1-16-6-5-7-17(2)25(16)19-9-11-20-21-14-18(22-8-3-4-13-26-22)10-12-23(21)27-24(20)15-19/h3-15H,1-2H3/i1D3. The molecule has 2 nitrogen and oxygen atoms in total. The second-order valence-electron chi connectivity index (χ2n) is 6.74. The highest BCUT2D eigenvalue weighted by Crippen LogP contribution is 2.35. The van der Waals surface area contributed by atoms with Gasteiger partial charge in [-0.2, -0.15) is 0 Å². The predicted molar refractivity (Wildman–Crippen MR) is 112 cm³/mol. The summed E-state index contributed by atoms with van der Waals surface area (Å²) in [6.45, 7) is -0.242. The fraction of sp³-hybridized carbons (Fsp3) is 0.0800. The third kappa shape index (κ3) is 2.61. The highest BCUT2D eigenvalue weighted by Gasteiger charge is 2.12. The Balaban J connectivity index is 1.69. The molecule has 0 saturated heterocycles. The minimum absolute atomic E-state index is 0.357. The van der Waals surface area contributed by atoms with Crippen molar-refractivity contribution in [3.05, 3.63) is 90.1 Å². The van der Waals surface area contributed by atoms with E-state index in [4.69, 9.17) is 8.53 Å². The summed E-state index contributed by atoms with van der Waals surface area (Å²) in [4.78, 5) is 4.43. The molecule has 0 aliphatic heterocycles. The summed E-state index contributed by atoms with van der Waals surface area (Å²) in [6.07, 6.45) is 1.78. The minimum Gasteiger partial charge on any atom is -0.456 e. The lowest BCUT2D eigenvalue weighted by Gasteiger charge is -2.09.